The number of fused-ring (bicyclic) bond motifs is 1. The molecule has 2 aromatic rings. The summed E-state index contributed by atoms with van der Waals surface area (Å²) in [6, 6.07) is 11.7. The molecule has 9 heteroatoms. The first-order chi connectivity index (χ1) is 14.0. The van der Waals surface area contributed by atoms with Crippen molar-refractivity contribution in [1.82, 2.24) is 4.90 Å². The summed E-state index contributed by atoms with van der Waals surface area (Å²) in [5.41, 5.74) is 0.179. The number of benzene rings is 2. The van der Waals surface area contributed by atoms with Gasteiger partial charge in [-0.15, -0.1) is 0 Å². The molecule has 0 unspecified atom stereocenters. The summed E-state index contributed by atoms with van der Waals surface area (Å²) in [5, 5.41) is 11.3. The lowest BCUT2D eigenvalue weighted by Crippen LogP contribution is -2.34. The van der Waals surface area contributed by atoms with Crippen LogP contribution in [0.1, 0.15) is 22.8 Å². The highest BCUT2D eigenvalue weighted by atomic mass is 16.6. The molecule has 0 bridgehead atoms. The SMILES string of the molecule is CCN(Cc1ccccc1)C(=O)COC(=O)c1cc2c(cc1[N+](=O)[O-])OCCO2. The standard InChI is InChI=1S/C20H20N2O7/c1-2-21(12-14-6-4-3-5-7-14)19(23)13-29-20(24)15-10-17-18(28-9-8-27-17)11-16(15)22(25)26/h3-7,10-11H,2,8-9,12-13H2,1H3. The number of ether oxygens (including phenoxy) is 3. The number of carbonyl (C=O) groups excluding carboxylic acids is 2. The van der Waals surface area contributed by atoms with E-state index in [-0.39, 0.29) is 30.3 Å². The zero-order valence-corrected chi connectivity index (χ0v) is 15.8. The first-order valence-corrected chi connectivity index (χ1v) is 9.06. The molecule has 0 aromatic heterocycles. The number of likely N-dealkylation sites (N-methyl/N-ethyl adjacent to an activating group) is 1. The first kappa shape index (κ1) is 20.1. The van der Waals surface area contributed by atoms with E-state index in [0.29, 0.717) is 13.1 Å². The van der Waals surface area contributed by atoms with Crippen molar-refractivity contribution in [3.05, 3.63) is 63.7 Å². The van der Waals surface area contributed by atoms with E-state index < -0.39 is 29.1 Å². The minimum Gasteiger partial charge on any atom is -0.486 e. The van der Waals surface area contributed by atoms with Crippen molar-refractivity contribution in [3.8, 4) is 11.5 Å². The Hall–Kier alpha value is -3.62. The largest absolute Gasteiger partial charge is 0.486 e. The van der Waals surface area contributed by atoms with Crippen molar-refractivity contribution in [2.45, 2.75) is 13.5 Å². The molecular weight excluding hydrogens is 380 g/mol. The lowest BCUT2D eigenvalue weighted by Gasteiger charge is -2.21. The van der Waals surface area contributed by atoms with Crippen LogP contribution < -0.4 is 9.47 Å². The highest BCUT2D eigenvalue weighted by Crippen LogP contribution is 2.36. The average Bonchev–Trinajstić information content (AvgIpc) is 2.75. The van der Waals surface area contributed by atoms with E-state index >= 15 is 0 Å². The summed E-state index contributed by atoms with van der Waals surface area (Å²) in [7, 11) is 0. The first-order valence-electron chi connectivity index (χ1n) is 9.06. The second-order valence-electron chi connectivity index (χ2n) is 6.24. The Morgan fingerprint density at radius 3 is 2.41 bits per heavy atom. The maximum atomic E-state index is 12.4. The van der Waals surface area contributed by atoms with E-state index in [0.717, 1.165) is 11.6 Å². The van der Waals surface area contributed by atoms with Gasteiger partial charge in [-0.05, 0) is 12.5 Å². The molecule has 0 radical (unpaired) electrons. The van der Waals surface area contributed by atoms with Gasteiger partial charge in [-0.2, -0.15) is 0 Å². The Labute approximate surface area is 166 Å². The van der Waals surface area contributed by atoms with Crippen LogP contribution in [0.2, 0.25) is 0 Å². The lowest BCUT2D eigenvalue weighted by molar-refractivity contribution is -0.385. The molecule has 0 saturated carbocycles. The molecule has 0 saturated heterocycles. The number of esters is 1. The fraction of sp³-hybridized carbons (Fsp3) is 0.300. The van der Waals surface area contributed by atoms with Gasteiger partial charge in [-0.3, -0.25) is 14.9 Å². The lowest BCUT2D eigenvalue weighted by atomic mass is 10.1. The van der Waals surface area contributed by atoms with Gasteiger partial charge in [0.15, 0.2) is 18.1 Å². The van der Waals surface area contributed by atoms with Crippen LogP contribution in [-0.2, 0) is 16.1 Å². The third kappa shape index (κ3) is 4.81. The Morgan fingerprint density at radius 2 is 1.79 bits per heavy atom. The molecular formula is C20H20N2O7. The molecule has 0 N–H and O–H groups in total. The van der Waals surface area contributed by atoms with Gasteiger partial charge >= 0.3 is 5.97 Å². The van der Waals surface area contributed by atoms with Crippen LogP contribution in [0.15, 0.2) is 42.5 Å². The Morgan fingerprint density at radius 1 is 1.14 bits per heavy atom. The van der Waals surface area contributed by atoms with Crippen molar-refractivity contribution in [3.63, 3.8) is 0 Å². The van der Waals surface area contributed by atoms with E-state index in [9.17, 15) is 19.7 Å². The predicted octanol–water partition coefficient (Wildman–Crippen LogP) is 2.57. The molecule has 0 aliphatic carbocycles. The fourth-order valence-electron chi connectivity index (χ4n) is 2.87. The molecule has 2 aromatic carbocycles. The number of hydrogen-bond donors (Lipinski definition) is 0. The van der Waals surface area contributed by atoms with Crippen LogP contribution in [0.25, 0.3) is 0 Å². The van der Waals surface area contributed by atoms with Gasteiger partial charge in [0, 0.05) is 19.2 Å². The van der Waals surface area contributed by atoms with E-state index in [4.69, 9.17) is 14.2 Å². The highest BCUT2D eigenvalue weighted by molar-refractivity contribution is 5.96. The molecule has 1 heterocycles. The molecule has 0 spiro atoms. The number of nitro benzene ring substituents is 1. The topological polar surface area (TPSA) is 108 Å². The minimum atomic E-state index is -0.974. The highest BCUT2D eigenvalue weighted by Gasteiger charge is 2.28. The number of rotatable bonds is 7. The van der Waals surface area contributed by atoms with Crippen LogP contribution in [0, 0.1) is 10.1 Å². The summed E-state index contributed by atoms with van der Waals surface area (Å²) < 4.78 is 15.7. The second-order valence-corrected chi connectivity index (χ2v) is 6.24. The number of amides is 1. The van der Waals surface area contributed by atoms with Gasteiger partial charge in [-0.1, -0.05) is 30.3 Å². The van der Waals surface area contributed by atoms with Crippen LogP contribution in [0.5, 0.6) is 11.5 Å². The summed E-state index contributed by atoms with van der Waals surface area (Å²) in [6.45, 7) is 2.62. The van der Waals surface area contributed by atoms with Gasteiger partial charge in [0.1, 0.15) is 18.8 Å². The van der Waals surface area contributed by atoms with Crippen LogP contribution in [0.3, 0.4) is 0 Å². The van der Waals surface area contributed by atoms with Crippen molar-refractivity contribution in [1.29, 1.82) is 0 Å². The van der Waals surface area contributed by atoms with Crippen LogP contribution in [0.4, 0.5) is 5.69 Å². The van der Waals surface area contributed by atoms with Crippen molar-refractivity contribution >= 4 is 17.6 Å². The molecule has 3 rings (SSSR count). The zero-order valence-electron chi connectivity index (χ0n) is 15.8. The third-order valence-corrected chi connectivity index (χ3v) is 4.35. The number of carbonyl (C=O) groups is 2. The summed E-state index contributed by atoms with van der Waals surface area (Å²) in [6.07, 6.45) is 0. The summed E-state index contributed by atoms with van der Waals surface area (Å²) >= 11 is 0. The third-order valence-electron chi connectivity index (χ3n) is 4.35. The Kier molecular flexibility index (Phi) is 6.28. The van der Waals surface area contributed by atoms with Gasteiger partial charge in [0.25, 0.3) is 11.6 Å². The monoisotopic (exact) mass is 400 g/mol. The number of hydrogen-bond acceptors (Lipinski definition) is 7. The smallest absolute Gasteiger partial charge is 0.345 e. The van der Waals surface area contributed by atoms with Gasteiger partial charge in [0.05, 0.1) is 11.0 Å². The van der Waals surface area contributed by atoms with Gasteiger partial charge in [0.2, 0.25) is 0 Å². The molecule has 1 amide bonds. The van der Waals surface area contributed by atoms with Crippen molar-refractivity contribution in [2.75, 3.05) is 26.4 Å². The number of nitrogens with zero attached hydrogens (tertiary/aromatic N) is 2. The Balaban J connectivity index is 1.69. The minimum absolute atomic E-state index is 0.190. The molecule has 0 atom stereocenters. The van der Waals surface area contributed by atoms with Gasteiger partial charge < -0.3 is 19.1 Å². The molecule has 9 nitrogen and oxygen atoms in total. The predicted molar refractivity (Wildman–Crippen MR) is 102 cm³/mol. The Bertz CT molecular complexity index is 915. The summed E-state index contributed by atoms with van der Waals surface area (Å²) in [4.78, 5) is 37.0. The number of nitro groups is 1. The van der Waals surface area contributed by atoms with E-state index in [2.05, 4.69) is 0 Å². The van der Waals surface area contributed by atoms with Crippen LogP contribution in [-0.4, -0.2) is 48.1 Å². The second kappa shape index (κ2) is 9.05. The van der Waals surface area contributed by atoms with E-state index in [1.807, 2.05) is 37.3 Å². The molecule has 1 aliphatic heterocycles. The molecule has 1 aliphatic rings. The summed E-state index contributed by atoms with van der Waals surface area (Å²) in [5.74, 6) is -0.960. The maximum Gasteiger partial charge on any atom is 0.345 e. The molecule has 29 heavy (non-hydrogen) atoms. The average molecular weight is 400 g/mol. The zero-order chi connectivity index (χ0) is 20.8. The normalized spacial score (nSPS) is 12.2. The maximum absolute atomic E-state index is 12.4. The van der Waals surface area contributed by atoms with E-state index in [1.54, 1.807) is 0 Å². The fourth-order valence-corrected chi connectivity index (χ4v) is 2.87. The quantitative estimate of drug-likeness (QED) is 0.399. The van der Waals surface area contributed by atoms with Crippen LogP contribution >= 0.6 is 0 Å². The molecule has 0 fully saturated rings. The van der Waals surface area contributed by atoms with Gasteiger partial charge in [-0.25, -0.2) is 4.79 Å². The van der Waals surface area contributed by atoms with E-state index in [1.165, 1.54) is 11.0 Å². The van der Waals surface area contributed by atoms with Crippen molar-refractivity contribution < 1.29 is 28.7 Å². The van der Waals surface area contributed by atoms with Crippen molar-refractivity contribution in [2.24, 2.45) is 0 Å². The molecule has 152 valence electrons.